The number of carbonyl (C=O) groups is 3. The molecule has 7 nitrogen and oxygen atoms in total. The van der Waals surface area contributed by atoms with Crippen molar-refractivity contribution >= 4 is 52.5 Å². The van der Waals surface area contributed by atoms with Crippen LogP contribution in [0.4, 0.5) is 8.78 Å². The van der Waals surface area contributed by atoms with Gasteiger partial charge in [0.15, 0.2) is 17.3 Å². The third kappa shape index (κ3) is 9.39. The van der Waals surface area contributed by atoms with E-state index in [-0.39, 0.29) is 62.9 Å². The maximum atomic E-state index is 12.9. The van der Waals surface area contributed by atoms with Gasteiger partial charge in [-0.05, 0) is 43.2 Å². The molecule has 206 valence electrons. The van der Waals surface area contributed by atoms with Crippen molar-refractivity contribution in [3.05, 3.63) is 51.8 Å². The molecule has 2 heterocycles. The van der Waals surface area contributed by atoms with Gasteiger partial charge in [0.25, 0.3) is 0 Å². The molecule has 12 heteroatoms. The molecule has 1 aliphatic heterocycles. The molecule has 0 saturated carbocycles. The Hall–Kier alpha value is -2.43. The van der Waals surface area contributed by atoms with E-state index in [1.165, 1.54) is 42.4 Å². The van der Waals surface area contributed by atoms with E-state index in [0.29, 0.717) is 50.7 Å². The van der Waals surface area contributed by atoms with Gasteiger partial charge >= 0.3 is 12.6 Å². The molecule has 0 radical (unpaired) electrons. The molecule has 1 atom stereocenters. The van der Waals surface area contributed by atoms with E-state index in [0.717, 1.165) is 5.75 Å². The molecule has 0 N–H and O–H groups in total. The molecule has 38 heavy (non-hydrogen) atoms. The first-order valence-electron chi connectivity index (χ1n) is 12.1. The standard InChI is InChI=1S/C26H27Cl2F2NO6S/c27-19-14-31-15-20(28)18(19)13-21(33)16-6-7-22(37-26(29)30)23(12-16)35-9-2-1-4-17(32)5-3-11-38-24-8-10-36-25(24)34/h6-7,12,14-15,24,26H,1-5,8-11,13H2. The van der Waals surface area contributed by atoms with Gasteiger partial charge in [0.2, 0.25) is 0 Å². The third-order valence-corrected chi connectivity index (χ3v) is 7.69. The average molecular weight is 590 g/mol. The van der Waals surface area contributed by atoms with Gasteiger partial charge in [-0.1, -0.05) is 23.2 Å². The molecule has 1 unspecified atom stereocenters. The van der Waals surface area contributed by atoms with Crippen molar-refractivity contribution in [2.45, 2.75) is 56.8 Å². The minimum absolute atomic E-state index is 0.00290. The first-order valence-corrected chi connectivity index (χ1v) is 13.9. The van der Waals surface area contributed by atoms with Crippen LogP contribution in [0.1, 0.15) is 54.4 Å². The Balaban J connectivity index is 1.46. The van der Waals surface area contributed by atoms with Crippen LogP contribution in [0.5, 0.6) is 11.5 Å². The number of hydrogen-bond donors (Lipinski definition) is 0. The summed E-state index contributed by atoms with van der Waals surface area (Å²) >= 11 is 13.7. The normalized spacial score (nSPS) is 15.0. The van der Waals surface area contributed by atoms with Crippen LogP contribution >= 0.6 is 35.0 Å². The summed E-state index contributed by atoms with van der Waals surface area (Å²) in [6.07, 6.45) is 5.90. The van der Waals surface area contributed by atoms with Gasteiger partial charge in [-0.15, -0.1) is 11.8 Å². The number of benzene rings is 1. The van der Waals surface area contributed by atoms with Crippen LogP contribution in [-0.2, 0) is 20.7 Å². The molecular formula is C26H27Cl2F2NO6S. The van der Waals surface area contributed by atoms with Crippen LogP contribution in [0.3, 0.4) is 0 Å². The van der Waals surface area contributed by atoms with E-state index in [9.17, 15) is 23.2 Å². The lowest BCUT2D eigenvalue weighted by atomic mass is 10.0. The maximum Gasteiger partial charge on any atom is 0.387 e. The molecule has 0 aliphatic carbocycles. The van der Waals surface area contributed by atoms with E-state index < -0.39 is 6.61 Å². The summed E-state index contributed by atoms with van der Waals surface area (Å²) in [5.74, 6) is 0.106. The van der Waals surface area contributed by atoms with E-state index >= 15 is 0 Å². The first-order chi connectivity index (χ1) is 18.2. The number of cyclic esters (lactones) is 1. The molecule has 2 aromatic rings. The Kier molecular flexibility index (Phi) is 12.1. The lowest BCUT2D eigenvalue weighted by Crippen LogP contribution is -2.10. The highest BCUT2D eigenvalue weighted by atomic mass is 35.5. The number of rotatable bonds is 16. The SMILES string of the molecule is O=C(CCCCOc1cc(C(=O)Cc2c(Cl)cncc2Cl)ccc1OC(F)F)CCCSC1CCOC1=O. The summed E-state index contributed by atoms with van der Waals surface area (Å²) in [5, 5.41) is 0.361. The van der Waals surface area contributed by atoms with Gasteiger partial charge in [0.05, 0.1) is 23.3 Å². The molecule has 1 aliphatic rings. The van der Waals surface area contributed by atoms with Gasteiger partial charge in [-0.3, -0.25) is 19.4 Å². The Bertz CT molecular complexity index is 1120. The number of esters is 1. The van der Waals surface area contributed by atoms with E-state index in [4.69, 9.17) is 32.7 Å². The van der Waals surface area contributed by atoms with Crippen molar-refractivity contribution in [3.8, 4) is 11.5 Å². The van der Waals surface area contributed by atoms with E-state index in [2.05, 4.69) is 9.72 Å². The lowest BCUT2D eigenvalue weighted by molar-refractivity contribution is -0.137. The topological polar surface area (TPSA) is 91.8 Å². The number of pyridine rings is 1. The van der Waals surface area contributed by atoms with Gasteiger partial charge < -0.3 is 14.2 Å². The molecule has 1 aromatic heterocycles. The lowest BCUT2D eigenvalue weighted by Gasteiger charge is -2.14. The molecule has 1 fully saturated rings. The Morgan fingerprint density at radius 2 is 1.84 bits per heavy atom. The fourth-order valence-corrected chi connectivity index (χ4v) is 5.27. The molecule has 0 spiro atoms. The van der Waals surface area contributed by atoms with Crippen molar-refractivity contribution in [2.24, 2.45) is 0 Å². The number of halogens is 4. The number of aromatic nitrogens is 1. The minimum Gasteiger partial charge on any atom is -0.490 e. The summed E-state index contributed by atoms with van der Waals surface area (Å²) < 4.78 is 40.8. The number of ether oxygens (including phenoxy) is 3. The van der Waals surface area contributed by atoms with Crippen molar-refractivity contribution in [3.63, 3.8) is 0 Å². The molecule has 3 rings (SSSR count). The number of Topliss-reactive ketones (excluding diaryl/α,β-unsaturated/α-hetero) is 2. The number of carbonyl (C=O) groups excluding carboxylic acids is 3. The zero-order valence-corrected chi connectivity index (χ0v) is 22.8. The Morgan fingerprint density at radius 1 is 1.11 bits per heavy atom. The molecule has 0 bridgehead atoms. The number of unbranched alkanes of at least 4 members (excludes halogenated alkanes) is 1. The van der Waals surface area contributed by atoms with Crippen LogP contribution in [-0.4, -0.2) is 53.3 Å². The second-order valence-electron chi connectivity index (χ2n) is 8.49. The fourth-order valence-electron chi connectivity index (χ4n) is 3.71. The van der Waals surface area contributed by atoms with Crippen LogP contribution in [0.2, 0.25) is 10.0 Å². The summed E-state index contributed by atoms with van der Waals surface area (Å²) in [6, 6.07) is 3.95. The predicted molar refractivity (Wildman–Crippen MR) is 141 cm³/mol. The van der Waals surface area contributed by atoms with Crippen LogP contribution in [0, 0.1) is 0 Å². The Morgan fingerprint density at radius 3 is 2.53 bits per heavy atom. The van der Waals surface area contributed by atoms with Crippen LogP contribution < -0.4 is 9.47 Å². The number of nitrogens with zero attached hydrogens (tertiary/aromatic N) is 1. The summed E-state index contributed by atoms with van der Waals surface area (Å²) in [5.41, 5.74) is 0.623. The number of alkyl halides is 2. The molecule has 1 aromatic carbocycles. The number of ketones is 2. The minimum atomic E-state index is -3.07. The zero-order valence-electron chi connectivity index (χ0n) is 20.4. The molecule has 0 amide bonds. The Labute approximate surface area is 233 Å². The third-order valence-electron chi connectivity index (χ3n) is 5.69. The first kappa shape index (κ1) is 30.1. The van der Waals surface area contributed by atoms with Crippen molar-refractivity contribution in [2.75, 3.05) is 19.0 Å². The van der Waals surface area contributed by atoms with Crippen molar-refractivity contribution < 1.29 is 37.4 Å². The highest BCUT2D eigenvalue weighted by Gasteiger charge is 2.26. The van der Waals surface area contributed by atoms with Crippen molar-refractivity contribution in [1.29, 1.82) is 0 Å². The van der Waals surface area contributed by atoms with Crippen LogP contribution in [0.25, 0.3) is 0 Å². The highest BCUT2D eigenvalue weighted by molar-refractivity contribution is 8.00. The molecular weight excluding hydrogens is 563 g/mol. The average Bonchev–Trinajstić information content (AvgIpc) is 3.28. The largest absolute Gasteiger partial charge is 0.490 e. The monoisotopic (exact) mass is 589 g/mol. The van der Waals surface area contributed by atoms with Crippen LogP contribution in [0.15, 0.2) is 30.6 Å². The quantitative estimate of drug-likeness (QED) is 0.127. The van der Waals surface area contributed by atoms with Gasteiger partial charge in [-0.25, -0.2) is 0 Å². The van der Waals surface area contributed by atoms with Gasteiger partial charge in [0, 0.05) is 49.2 Å². The zero-order chi connectivity index (χ0) is 27.5. The summed E-state index contributed by atoms with van der Waals surface area (Å²) in [4.78, 5) is 40.2. The maximum absolute atomic E-state index is 12.9. The van der Waals surface area contributed by atoms with E-state index in [1.54, 1.807) is 0 Å². The summed E-state index contributed by atoms with van der Waals surface area (Å²) in [6.45, 7) is -2.46. The predicted octanol–water partition coefficient (Wildman–Crippen LogP) is 6.36. The number of hydrogen-bond acceptors (Lipinski definition) is 8. The van der Waals surface area contributed by atoms with Gasteiger partial charge in [0.1, 0.15) is 11.0 Å². The summed E-state index contributed by atoms with van der Waals surface area (Å²) in [7, 11) is 0. The van der Waals surface area contributed by atoms with E-state index in [1.807, 2.05) is 0 Å². The highest BCUT2D eigenvalue weighted by Crippen LogP contribution is 2.32. The van der Waals surface area contributed by atoms with Gasteiger partial charge in [-0.2, -0.15) is 8.78 Å². The molecule has 1 saturated heterocycles. The van der Waals surface area contributed by atoms with Crippen molar-refractivity contribution in [1.82, 2.24) is 4.98 Å². The second-order valence-corrected chi connectivity index (χ2v) is 10.6. The number of thioether (sulfide) groups is 1. The fraction of sp³-hybridized carbons (Fsp3) is 0.462. The second kappa shape index (κ2) is 15.2. The smallest absolute Gasteiger partial charge is 0.387 e.